The first kappa shape index (κ1) is 11.4. The smallest absolute Gasteiger partial charge is 0.115 e. The van der Waals surface area contributed by atoms with Crippen LogP contribution in [0.5, 0.6) is 0 Å². The highest BCUT2D eigenvalue weighted by molar-refractivity contribution is 5.69. The van der Waals surface area contributed by atoms with Crippen LogP contribution < -0.4 is 5.32 Å². The molecule has 3 nitrogen and oxygen atoms in total. The molecule has 1 aliphatic rings. The number of aromatic nitrogens is 2. The van der Waals surface area contributed by atoms with E-state index in [1.165, 1.54) is 22.4 Å². The van der Waals surface area contributed by atoms with Crippen LogP contribution in [0.2, 0.25) is 0 Å². The number of hydrogen-bond donors (Lipinski definition) is 1. The molecule has 1 aromatic heterocycles. The number of nitrogens with one attached hydrogen (secondary N) is 1. The van der Waals surface area contributed by atoms with Crippen molar-refractivity contribution >= 4 is 0 Å². The second-order valence-electron chi connectivity index (χ2n) is 4.83. The molecule has 0 bridgehead atoms. The molecule has 0 spiro atoms. The van der Waals surface area contributed by atoms with Crippen molar-refractivity contribution in [1.82, 2.24) is 15.3 Å². The fourth-order valence-electron chi connectivity index (χ4n) is 2.64. The first-order valence-corrected chi connectivity index (χ1v) is 6.43. The zero-order valence-corrected chi connectivity index (χ0v) is 10.6. The SMILES string of the molecule is Cc1ccccc1-c1cncnc1C1CCNC1. The summed E-state index contributed by atoms with van der Waals surface area (Å²) in [6.45, 7) is 4.25. The fourth-order valence-corrected chi connectivity index (χ4v) is 2.64. The van der Waals surface area contributed by atoms with Crippen molar-refractivity contribution in [2.24, 2.45) is 0 Å². The van der Waals surface area contributed by atoms with Crippen LogP contribution >= 0.6 is 0 Å². The second-order valence-corrected chi connectivity index (χ2v) is 4.83. The summed E-state index contributed by atoms with van der Waals surface area (Å²) in [4.78, 5) is 8.73. The maximum absolute atomic E-state index is 4.53. The molecule has 2 heterocycles. The summed E-state index contributed by atoms with van der Waals surface area (Å²) in [5, 5.41) is 3.40. The van der Waals surface area contributed by atoms with Crippen LogP contribution in [-0.2, 0) is 0 Å². The summed E-state index contributed by atoms with van der Waals surface area (Å²) >= 11 is 0. The third-order valence-electron chi connectivity index (χ3n) is 3.63. The predicted molar refractivity (Wildman–Crippen MR) is 72.4 cm³/mol. The molecule has 2 aromatic rings. The van der Waals surface area contributed by atoms with Gasteiger partial charge in [-0.1, -0.05) is 24.3 Å². The molecule has 1 unspecified atom stereocenters. The minimum Gasteiger partial charge on any atom is -0.316 e. The Morgan fingerprint density at radius 3 is 2.89 bits per heavy atom. The van der Waals surface area contributed by atoms with Crippen LogP contribution in [0.4, 0.5) is 0 Å². The summed E-state index contributed by atoms with van der Waals surface area (Å²) < 4.78 is 0. The third kappa shape index (κ3) is 2.02. The van der Waals surface area contributed by atoms with Gasteiger partial charge in [0.15, 0.2) is 0 Å². The van der Waals surface area contributed by atoms with Gasteiger partial charge in [0.25, 0.3) is 0 Å². The van der Waals surface area contributed by atoms with Crippen molar-refractivity contribution in [2.45, 2.75) is 19.3 Å². The highest BCUT2D eigenvalue weighted by Crippen LogP contribution is 2.31. The normalized spacial score (nSPS) is 19.1. The Bertz CT molecular complexity index is 545. The van der Waals surface area contributed by atoms with Crippen molar-refractivity contribution in [2.75, 3.05) is 13.1 Å². The van der Waals surface area contributed by atoms with Crippen LogP contribution in [0.3, 0.4) is 0 Å². The van der Waals surface area contributed by atoms with E-state index < -0.39 is 0 Å². The van der Waals surface area contributed by atoms with E-state index in [-0.39, 0.29) is 0 Å². The lowest BCUT2D eigenvalue weighted by molar-refractivity contribution is 0.733. The first-order valence-electron chi connectivity index (χ1n) is 6.43. The minimum atomic E-state index is 0.516. The Labute approximate surface area is 107 Å². The van der Waals surface area contributed by atoms with Crippen LogP contribution in [0.1, 0.15) is 23.6 Å². The van der Waals surface area contributed by atoms with Gasteiger partial charge in [0, 0.05) is 24.2 Å². The molecule has 1 fully saturated rings. The molecule has 3 heteroatoms. The Morgan fingerprint density at radius 1 is 1.22 bits per heavy atom. The summed E-state index contributed by atoms with van der Waals surface area (Å²) in [6, 6.07) is 8.43. The molecule has 18 heavy (non-hydrogen) atoms. The highest BCUT2D eigenvalue weighted by Gasteiger charge is 2.21. The molecule has 92 valence electrons. The number of nitrogens with zero attached hydrogens (tertiary/aromatic N) is 2. The van der Waals surface area contributed by atoms with Gasteiger partial charge in [-0.2, -0.15) is 0 Å². The molecule has 0 aliphatic carbocycles. The lowest BCUT2D eigenvalue weighted by atomic mass is 9.94. The Balaban J connectivity index is 2.09. The molecule has 1 atom stereocenters. The maximum Gasteiger partial charge on any atom is 0.115 e. The number of rotatable bonds is 2. The number of hydrogen-bond acceptors (Lipinski definition) is 3. The molecule has 1 saturated heterocycles. The van der Waals surface area contributed by atoms with Crippen LogP contribution in [0, 0.1) is 6.92 Å². The minimum absolute atomic E-state index is 0.516. The monoisotopic (exact) mass is 239 g/mol. The topological polar surface area (TPSA) is 37.8 Å². The molecule has 1 aromatic carbocycles. The molecule has 3 rings (SSSR count). The zero-order chi connectivity index (χ0) is 12.4. The van der Waals surface area contributed by atoms with E-state index >= 15 is 0 Å². The second kappa shape index (κ2) is 4.86. The van der Waals surface area contributed by atoms with E-state index in [9.17, 15) is 0 Å². The molecular weight excluding hydrogens is 222 g/mol. The molecule has 1 aliphatic heterocycles. The van der Waals surface area contributed by atoms with E-state index in [0.29, 0.717) is 5.92 Å². The van der Waals surface area contributed by atoms with Crippen molar-refractivity contribution in [3.8, 4) is 11.1 Å². The van der Waals surface area contributed by atoms with E-state index in [1.807, 2.05) is 6.20 Å². The summed E-state index contributed by atoms with van der Waals surface area (Å²) in [6.07, 6.45) is 4.77. The van der Waals surface area contributed by atoms with Crippen LogP contribution in [0.15, 0.2) is 36.8 Å². The summed E-state index contributed by atoms with van der Waals surface area (Å²) in [7, 11) is 0. The van der Waals surface area contributed by atoms with Crippen LogP contribution in [0.25, 0.3) is 11.1 Å². The molecular formula is C15H17N3. The predicted octanol–water partition coefficient (Wildman–Crippen LogP) is 2.53. The van der Waals surface area contributed by atoms with Crippen molar-refractivity contribution in [3.05, 3.63) is 48.0 Å². The lowest BCUT2D eigenvalue weighted by Gasteiger charge is -2.14. The largest absolute Gasteiger partial charge is 0.316 e. The summed E-state index contributed by atoms with van der Waals surface area (Å²) in [5.74, 6) is 0.516. The van der Waals surface area contributed by atoms with E-state index in [4.69, 9.17) is 0 Å². The van der Waals surface area contributed by atoms with E-state index in [1.54, 1.807) is 6.33 Å². The summed E-state index contributed by atoms with van der Waals surface area (Å²) in [5.41, 5.74) is 4.90. The standard InChI is InChI=1S/C15H17N3/c1-11-4-2-3-5-13(11)14-9-17-10-18-15(14)12-6-7-16-8-12/h2-5,9-10,12,16H,6-8H2,1H3. The molecule has 1 N–H and O–H groups in total. The number of benzene rings is 1. The van der Waals surface area contributed by atoms with Crippen molar-refractivity contribution in [1.29, 1.82) is 0 Å². The Kier molecular flexibility index (Phi) is 3.07. The van der Waals surface area contributed by atoms with E-state index in [2.05, 4.69) is 46.5 Å². The molecule has 0 amide bonds. The third-order valence-corrected chi connectivity index (χ3v) is 3.63. The molecule has 0 saturated carbocycles. The lowest BCUT2D eigenvalue weighted by Crippen LogP contribution is -2.10. The van der Waals surface area contributed by atoms with Gasteiger partial charge in [0.1, 0.15) is 6.33 Å². The van der Waals surface area contributed by atoms with Crippen LogP contribution in [-0.4, -0.2) is 23.1 Å². The van der Waals surface area contributed by atoms with E-state index in [0.717, 1.165) is 19.5 Å². The number of aryl methyl sites for hydroxylation is 1. The average Bonchev–Trinajstić information content (AvgIpc) is 2.93. The van der Waals surface area contributed by atoms with Gasteiger partial charge in [-0.05, 0) is 31.0 Å². The van der Waals surface area contributed by atoms with Crippen molar-refractivity contribution < 1.29 is 0 Å². The zero-order valence-electron chi connectivity index (χ0n) is 10.6. The van der Waals surface area contributed by atoms with Gasteiger partial charge in [0.05, 0.1) is 5.69 Å². The van der Waals surface area contributed by atoms with Crippen molar-refractivity contribution in [3.63, 3.8) is 0 Å². The Hall–Kier alpha value is -1.74. The highest BCUT2D eigenvalue weighted by atomic mass is 14.9. The van der Waals surface area contributed by atoms with Gasteiger partial charge >= 0.3 is 0 Å². The Morgan fingerprint density at radius 2 is 2.11 bits per heavy atom. The van der Waals surface area contributed by atoms with Gasteiger partial charge in [-0.25, -0.2) is 9.97 Å². The van der Waals surface area contributed by atoms with Gasteiger partial charge < -0.3 is 5.32 Å². The molecule has 0 radical (unpaired) electrons. The fraction of sp³-hybridized carbons (Fsp3) is 0.333. The average molecular weight is 239 g/mol. The van der Waals surface area contributed by atoms with Gasteiger partial charge in [-0.15, -0.1) is 0 Å². The maximum atomic E-state index is 4.53. The quantitative estimate of drug-likeness (QED) is 0.875. The first-order chi connectivity index (χ1) is 8.86. The van der Waals surface area contributed by atoms with Gasteiger partial charge in [0.2, 0.25) is 0 Å². The van der Waals surface area contributed by atoms with Gasteiger partial charge in [-0.3, -0.25) is 0 Å².